The van der Waals surface area contributed by atoms with Crippen LogP contribution in [0.2, 0.25) is 5.02 Å². The highest BCUT2D eigenvalue weighted by Crippen LogP contribution is 2.22. The Morgan fingerprint density at radius 2 is 1.76 bits per heavy atom. The van der Waals surface area contributed by atoms with Crippen LogP contribution in [0.4, 0.5) is 0 Å². The van der Waals surface area contributed by atoms with Crippen molar-refractivity contribution in [3.05, 3.63) is 28.8 Å². The summed E-state index contributed by atoms with van der Waals surface area (Å²) >= 11 is 6.04. The third-order valence-corrected chi connectivity index (χ3v) is 3.58. The van der Waals surface area contributed by atoms with Gasteiger partial charge in [0.2, 0.25) is 0 Å². The first-order valence-corrected chi connectivity index (χ1v) is 8.27. The molecule has 4 heteroatoms. The zero-order valence-corrected chi connectivity index (χ0v) is 14.9. The van der Waals surface area contributed by atoms with E-state index in [4.69, 9.17) is 16.3 Å². The Balaban J connectivity index is 0.00000400. The molecule has 21 heavy (non-hydrogen) atoms. The van der Waals surface area contributed by atoms with Gasteiger partial charge in [-0.25, -0.2) is 0 Å². The van der Waals surface area contributed by atoms with Gasteiger partial charge in [0, 0.05) is 17.1 Å². The van der Waals surface area contributed by atoms with Crippen molar-refractivity contribution in [1.29, 1.82) is 0 Å². The SMILES string of the molecule is CCCCCCCCNCc1cc(Cl)ccc1OCC.Cl. The van der Waals surface area contributed by atoms with Gasteiger partial charge in [-0.2, -0.15) is 0 Å². The van der Waals surface area contributed by atoms with Crippen LogP contribution in [-0.2, 0) is 6.54 Å². The lowest BCUT2D eigenvalue weighted by Gasteiger charge is -2.11. The van der Waals surface area contributed by atoms with Crippen LogP contribution < -0.4 is 10.1 Å². The molecule has 1 N–H and O–H groups in total. The van der Waals surface area contributed by atoms with Gasteiger partial charge in [-0.3, -0.25) is 0 Å². The number of hydrogen-bond acceptors (Lipinski definition) is 2. The first-order chi connectivity index (χ1) is 9.77. The van der Waals surface area contributed by atoms with E-state index in [-0.39, 0.29) is 12.4 Å². The molecule has 122 valence electrons. The second-order valence-electron chi connectivity index (χ2n) is 5.13. The Morgan fingerprint density at radius 3 is 2.48 bits per heavy atom. The smallest absolute Gasteiger partial charge is 0.123 e. The Morgan fingerprint density at radius 1 is 1.05 bits per heavy atom. The number of benzene rings is 1. The van der Waals surface area contributed by atoms with E-state index in [1.54, 1.807) is 0 Å². The molecule has 0 unspecified atom stereocenters. The summed E-state index contributed by atoms with van der Waals surface area (Å²) in [4.78, 5) is 0. The molecule has 1 aromatic rings. The van der Waals surface area contributed by atoms with Crippen molar-refractivity contribution < 1.29 is 4.74 Å². The average Bonchev–Trinajstić information content (AvgIpc) is 2.44. The third-order valence-electron chi connectivity index (χ3n) is 3.34. The molecule has 0 bridgehead atoms. The molecule has 0 spiro atoms. The van der Waals surface area contributed by atoms with Crippen molar-refractivity contribution in [3.63, 3.8) is 0 Å². The molecule has 0 saturated carbocycles. The number of hydrogen-bond donors (Lipinski definition) is 1. The predicted octanol–water partition coefficient (Wildman–Crippen LogP) is 5.61. The molecule has 0 aliphatic rings. The number of unbranched alkanes of at least 4 members (excludes halogenated alkanes) is 5. The van der Waals surface area contributed by atoms with Crippen molar-refractivity contribution in [3.8, 4) is 5.75 Å². The highest BCUT2D eigenvalue weighted by molar-refractivity contribution is 6.30. The normalized spacial score (nSPS) is 10.2. The maximum absolute atomic E-state index is 6.04. The summed E-state index contributed by atoms with van der Waals surface area (Å²) in [6.45, 7) is 6.83. The van der Waals surface area contributed by atoms with Crippen LogP contribution >= 0.6 is 24.0 Å². The van der Waals surface area contributed by atoms with Gasteiger partial charge in [0.15, 0.2) is 0 Å². The van der Waals surface area contributed by atoms with Crippen molar-refractivity contribution in [1.82, 2.24) is 5.32 Å². The van der Waals surface area contributed by atoms with Gasteiger partial charge >= 0.3 is 0 Å². The Labute approximate surface area is 141 Å². The predicted molar refractivity (Wildman–Crippen MR) is 95.0 cm³/mol. The zero-order chi connectivity index (χ0) is 14.6. The molecular formula is C17H29Cl2NO. The Kier molecular flexibility index (Phi) is 13.0. The molecule has 0 aliphatic heterocycles. The number of nitrogens with one attached hydrogen (secondary N) is 1. The van der Waals surface area contributed by atoms with E-state index in [2.05, 4.69) is 12.2 Å². The topological polar surface area (TPSA) is 21.3 Å². The van der Waals surface area contributed by atoms with Crippen LogP contribution in [0.3, 0.4) is 0 Å². The first kappa shape index (κ1) is 20.6. The summed E-state index contributed by atoms with van der Waals surface area (Å²) in [5, 5.41) is 4.25. The Hall–Kier alpha value is -0.440. The highest BCUT2D eigenvalue weighted by atomic mass is 35.5. The molecule has 1 aromatic carbocycles. The van der Waals surface area contributed by atoms with E-state index in [1.807, 2.05) is 25.1 Å². The maximum Gasteiger partial charge on any atom is 0.123 e. The minimum atomic E-state index is 0. The number of ether oxygens (including phenoxy) is 1. The van der Waals surface area contributed by atoms with Gasteiger partial charge in [-0.05, 0) is 38.1 Å². The summed E-state index contributed by atoms with van der Waals surface area (Å²) in [6.07, 6.45) is 7.98. The number of rotatable bonds is 11. The standard InChI is InChI=1S/C17H28ClNO.ClH/c1-3-5-6-7-8-9-12-19-14-15-13-16(18)10-11-17(15)20-4-2;/h10-11,13,19H,3-9,12,14H2,1-2H3;1H. The van der Waals surface area contributed by atoms with Gasteiger partial charge in [0.1, 0.15) is 5.75 Å². The summed E-state index contributed by atoms with van der Waals surface area (Å²) in [5.74, 6) is 0.937. The van der Waals surface area contributed by atoms with Crippen LogP contribution in [0.15, 0.2) is 18.2 Å². The van der Waals surface area contributed by atoms with Crippen LogP contribution in [0.1, 0.15) is 57.9 Å². The minimum absolute atomic E-state index is 0. The largest absolute Gasteiger partial charge is 0.494 e. The summed E-state index contributed by atoms with van der Waals surface area (Å²) in [6, 6.07) is 5.82. The third kappa shape index (κ3) is 9.23. The fourth-order valence-corrected chi connectivity index (χ4v) is 2.43. The highest BCUT2D eigenvalue weighted by Gasteiger charge is 2.04. The number of halogens is 2. The van der Waals surface area contributed by atoms with Crippen molar-refractivity contribution in [2.24, 2.45) is 0 Å². The lowest BCUT2D eigenvalue weighted by atomic mass is 10.1. The second-order valence-corrected chi connectivity index (χ2v) is 5.57. The van der Waals surface area contributed by atoms with E-state index in [0.29, 0.717) is 6.61 Å². The van der Waals surface area contributed by atoms with E-state index in [1.165, 1.54) is 38.5 Å². The van der Waals surface area contributed by atoms with Crippen LogP contribution in [0, 0.1) is 0 Å². The van der Waals surface area contributed by atoms with E-state index in [0.717, 1.165) is 29.4 Å². The molecule has 1 rings (SSSR count). The minimum Gasteiger partial charge on any atom is -0.494 e. The van der Waals surface area contributed by atoms with Gasteiger partial charge in [-0.15, -0.1) is 12.4 Å². The van der Waals surface area contributed by atoms with Crippen LogP contribution in [0.5, 0.6) is 5.75 Å². The lowest BCUT2D eigenvalue weighted by molar-refractivity contribution is 0.335. The molecule has 0 fully saturated rings. The van der Waals surface area contributed by atoms with E-state index in [9.17, 15) is 0 Å². The molecule has 0 aromatic heterocycles. The molecule has 0 amide bonds. The average molecular weight is 334 g/mol. The monoisotopic (exact) mass is 333 g/mol. The molecule has 0 atom stereocenters. The quantitative estimate of drug-likeness (QED) is 0.531. The van der Waals surface area contributed by atoms with Crippen molar-refractivity contribution in [2.75, 3.05) is 13.2 Å². The van der Waals surface area contributed by atoms with Gasteiger partial charge in [0.25, 0.3) is 0 Å². The first-order valence-electron chi connectivity index (χ1n) is 7.89. The van der Waals surface area contributed by atoms with Crippen LogP contribution in [-0.4, -0.2) is 13.2 Å². The second kappa shape index (κ2) is 13.2. The Bertz CT molecular complexity index is 372. The zero-order valence-electron chi connectivity index (χ0n) is 13.3. The molecule has 0 heterocycles. The fraction of sp³-hybridized carbons (Fsp3) is 0.647. The van der Waals surface area contributed by atoms with Gasteiger partial charge in [0.05, 0.1) is 6.61 Å². The molecule has 0 saturated heterocycles. The van der Waals surface area contributed by atoms with E-state index < -0.39 is 0 Å². The van der Waals surface area contributed by atoms with Crippen LogP contribution in [0.25, 0.3) is 0 Å². The summed E-state index contributed by atoms with van der Waals surface area (Å²) in [5.41, 5.74) is 1.14. The molecular weight excluding hydrogens is 305 g/mol. The lowest BCUT2D eigenvalue weighted by Crippen LogP contribution is -2.15. The molecule has 2 nitrogen and oxygen atoms in total. The van der Waals surface area contributed by atoms with Gasteiger partial charge < -0.3 is 10.1 Å². The van der Waals surface area contributed by atoms with Crippen molar-refractivity contribution in [2.45, 2.75) is 58.9 Å². The molecule has 0 radical (unpaired) electrons. The maximum atomic E-state index is 6.04. The van der Waals surface area contributed by atoms with Crippen molar-refractivity contribution >= 4 is 24.0 Å². The summed E-state index contributed by atoms with van der Waals surface area (Å²) in [7, 11) is 0. The fourth-order valence-electron chi connectivity index (χ4n) is 2.24. The summed E-state index contributed by atoms with van der Waals surface area (Å²) < 4.78 is 5.62. The van der Waals surface area contributed by atoms with E-state index >= 15 is 0 Å². The molecule has 0 aliphatic carbocycles. The van der Waals surface area contributed by atoms with Gasteiger partial charge in [-0.1, -0.05) is 50.6 Å².